The summed E-state index contributed by atoms with van der Waals surface area (Å²) in [6, 6.07) is 41.1. The molecule has 0 amide bonds. The van der Waals surface area contributed by atoms with E-state index < -0.39 is 15.5 Å². The zero-order valence-corrected chi connectivity index (χ0v) is 25.5. The van der Waals surface area contributed by atoms with E-state index in [0.717, 1.165) is 21.9 Å². The Morgan fingerprint density at radius 2 is 1.42 bits per heavy atom. The molecule has 43 heavy (non-hydrogen) atoms. The van der Waals surface area contributed by atoms with Crippen LogP contribution in [0.5, 0.6) is 17.2 Å². The lowest BCUT2D eigenvalue weighted by Crippen LogP contribution is -2.36. The van der Waals surface area contributed by atoms with Gasteiger partial charge in [-0.1, -0.05) is 109 Å². The molecule has 0 saturated carbocycles. The van der Waals surface area contributed by atoms with Gasteiger partial charge in [-0.3, -0.25) is 4.57 Å². The Labute approximate surface area is 255 Å². The van der Waals surface area contributed by atoms with Crippen molar-refractivity contribution in [3.05, 3.63) is 153 Å². The summed E-state index contributed by atoms with van der Waals surface area (Å²) in [5, 5.41) is 2.16. The zero-order chi connectivity index (χ0) is 29.6. The lowest BCUT2D eigenvalue weighted by molar-refractivity contribution is 0.499. The van der Waals surface area contributed by atoms with Gasteiger partial charge in [-0.25, -0.2) is 0 Å². The number of para-hydroxylation sites is 1. The van der Waals surface area contributed by atoms with Crippen LogP contribution in [0, 0.1) is 0 Å². The minimum absolute atomic E-state index is 0.262. The first-order valence-corrected chi connectivity index (χ1v) is 17.2. The molecular weight excluding hydrogens is 569 g/mol. The molecule has 1 aliphatic heterocycles. The van der Waals surface area contributed by atoms with Crippen LogP contribution in [-0.2, 0) is 4.57 Å². The van der Waals surface area contributed by atoms with Crippen LogP contribution in [0.2, 0.25) is 6.32 Å². The molecule has 212 valence electrons. The van der Waals surface area contributed by atoms with E-state index in [-0.39, 0.29) is 6.92 Å². The van der Waals surface area contributed by atoms with Gasteiger partial charge in [0.1, 0.15) is 19.6 Å². The zero-order valence-electron chi connectivity index (χ0n) is 23.7. The number of rotatable bonds is 11. The summed E-state index contributed by atoms with van der Waals surface area (Å²) >= 11 is 0. The van der Waals surface area contributed by atoms with Gasteiger partial charge in [0.25, 0.3) is 0 Å². The Kier molecular flexibility index (Phi) is 8.66. The van der Waals surface area contributed by atoms with E-state index in [2.05, 4.69) is 25.3 Å². The standard InChI is InChI=1S/C36H31BO4P2/c1-3-25-37(28-15-7-5-8-16-28)39-29-23-24-34(40-42(26-4-2)30-17-9-6-10-18-30)36(27-29)43(38)35-22-14-12-20-32(35)31-19-11-13-21-33(31)41-43/h3-24,27H,1-2,25-26H2. The first kappa shape index (κ1) is 28.8. The lowest BCUT2D eigenvalue weighted by Gasteiger charge is -2.31. The van der Waals surface area contributed by atoms with Gasteiger partial charge in [-0.2, -0.15) is 0 Å². The molecule has 0 N–H and O–H groups in total. The van der Waals surface area contributed by atoms with Crippen molar-refractivity contribution in [3.63, 3.8) is 0 Å². The van der Waals surface area contributed by atoms with Gasteiger partial charge in [0.2, 0.25) is 0 Å². The summed E-state index contributed by atoms with van der Waals surface area (Å²) < 4.78 is 35.2. The molecule has 7 heteroatoms. The second-order valence-corrected chi connectivity index (χ2v) is 14.2. The second kappa shape index (κ2) is 12.9. The topological polar surface area (TPSA) is 44.8 Å². The first-order chi connectivity index (χ1) is 21.1. The van der Waals surface area contributed by atoms with Crippen LogP contribution in [0.4, 0.5) is 0 Å². The lowest BCUT2D eigenvalue weighted by atomic mass is 9.58. The Bertz CT molecular complexity index is 1790. The number of fused-ring (bicyclic) bond motifs is 3. The number of allylic oxidation sites excluding steroid dienone is 2. The maximum absolute atomic E-state index is 15.4. The van der Waals surface area contributed by atoms with Crippen molar-refractivity contribution in [2.24, 2.45) is 0 Å². The van der Waals surface area contributed by atoms with Gasteiger partial charge in [-0.05, 0) is 47.7 Å². The largest absolute Gasteiger partial charge is 0.555 e. The molecule has 0 radical (unpaired) electrons. The maximum atomic E-state index is 15.4. The molecule has 2 atom stereocenters. The molecular formula is C36H31BO4P2. The molecule has 0 bridgehead atoms. The summed E-state index contributed by atoms with van der Waals surface area (Å²) in [5.41, 5.74) is 2.82. The molecule has 0 fully saturated rings. The molecule has 0 saturated heterocycles. The van der Waals surface area contributed by atoms with Crippen molar-refractivity contribution in [2.75, 3.05) is 6.16 Å². The van der Waals surface area contributed by atoms with Crippen LogP contribution >= 0.6 is 15.5 Å². The minimum atomic E-state index is -3.69. The highest BCUT2D eigenvalue weighted by atomic mass is 31.2. The average Bonchev–Trinajstić information content (AvgIpc) is 3.06. The monoisotopic (exact) mass is 600 g/mol. The van der Waals surface area contributed by atoms with Crippen molar-refractivity contribution in [2.45, 2.75) is 6.32 Å². The quantitative estimate of drug-likeness (QED) is 0.0885. The predicted molar refractivity (Wildman–Crippen MR) is 182 cm³/mol. The maximum Gasteiger partial charge on any atom is 0.395 e. The van der Waals surface area contributed by atoms with Crippen LogP contribution < -0.4 is 35.1 Å². The molecule has 5 aromatic carbocycles. The summed E-state index contributed by atoms with van der Waals surface area (Å²) in [6.45, 7) is 7.65. The first-order valence-electron chi connectivity index (χ1n) is 14.2. The Balaban J connectivity index is 1.49. The molecule has 0 spiro atoms. The van der Waals surface area contributed by atoms with E-state index >= 15 is 4.57 Å². The van der Waals surface area contributed by atoms with Crippen LogP contribution in [-0.4, -0.2) is 13.1 Å². The highest BCUT2D eigenvalue weighted by Gasteiger charge is 2.41. The van der Waals surface area contributed by atoms with Crippen molar-refractivity contribution in [1.82, 2.24) is 0 Å². The second-order valence-electron chi connectivity index (χ2n) is 10.1. The van der Waals surface area contributed by atoms with Crippen molar-refractivity contribution < 1.29 is 18.3 Å². The number of hydrogen-bond acceptors (Lipinski definition) is 4. The Hall–Kier alpha value is -4.30. The van der Waals surface area contributed by atoms with Crippen LogP contribution in [0.3, 0.4) is 0 Å². The predicted octanol–water partition coefficient (Wildman–Crippen LogP) is 7.73. The average molecular weight is 600 g/mol. The number of benzene rings is 5. The van der Waals surface area contributed by atoms with Gasteiger partial charge in [0.05, 0.1) is 16.4 Å². The third-order valence-corrected chi connectivity index (χ3v) is 11.6. The highest BCUT2D eigenvalue weighted by Crippen LogP contribution is 2.56. The summed E-state index contributed by atoms with van der Waals surface area (Å²) in [7, 11) is -4.82. The van der Waals surface area contributed by atoms with Gasteiger partial charge in [-0.15, -0.1) is 13.2 Å². The molecule has 1 aliphatic rings. The molecule has 5 aromatic rings. The Morgan fingerprint density at radius 1 is 0.744 bits per heavy atom. The fraction of sp³-hybridized carbons (Fsp3) is 0.0556. The number of hydrogen-bond donors (Lipinski definition) is 0. The van der Waals surface area contributed by atoms with E-state index in [1.54, 1.807) is 0 Å². The Morgan fingerprint density at radius 3 is 2.16 bits per heavy atom. The minimum Gasteiger partial charge on any atom is -0.555 e. The van der Waals surface area contributed by atoms with Crippen molar-refractivity contribution in [3.8, 4) is 28.4 Å². The summed E-state index contributed by atoms with van der Waals surface area (Å²) in [4.78, 5) is 0. The van der Waals surface area contributed by atoms with Crippen molar-refractivity contribution >= 4 is 43.8 Å². The normalized spacial score (nSPS) is 15.6. The molecule has 0 aromatic heterocycles. The van der Waals surface area contributed by atoms with Crippen LogP contribution in [0.15, 0.2) is 153 Å². The molecule has 2 unspecified atom stereocenters. The van der Waals surface area contributed by atoms with Gasteiger partial charge < -0.3 is 13.7 Å². The SMILES string of the molecule is C=CCB(Oc1ccc(OP(CC=C)c2ccccc2)c(P2(=O)Oc3ccccc3-c3ccccc32)c1)c1ccccc1. The summed E-state index contributed by atoms with van der Waals surface area (Å²) in [5.74, 6) is 1.65. The van der Waals surface area contributed by atoms with Gasteiger partial charge in [0.15, 0.2) is 0 Å². The van der Waals surface area contributed by atoms with E-state index in [4.69, 9.17) is 13.7 Å². The smallest absolute Gasteiger partial charge is 0.395 e. The van der Waals surface area contributed by atoms with Crippen LogP contribution in [0.1, 0.15) is 0 Å². The van der Waals surface area contributed by atoms with Crippen LogP contribution in [0.25, 0.3) is 11.1 Å². The van der Waals surface area contributed by atoms with E-state index in [9.17, 15) is 0 Å². The fourth-order valence-electron chi connectivity index (χ4n) is 5.23. The molecule has 6 rings (SSSR count). The van der Waals surface area contributed by atoms with E-state index in [1.807, 2.05) is 127 Å². The molecule has 0 aliphatic carbocycles. The molecule has 4 nitrogen and oxygen atoms in total. The van der Waals surface area contributed by atoms with E-state index in [1.165, 1.54) is 0 Å². The third kappa shape index (κ3) is 5.97. The highest BCUT2D eigenvalue weighted by molar-refractivity contribution is 7.75. The van der Waals surface area contributed by atoms with Gasteiger partial charge >= 0.3 is 14.3 Å². The fourth-order valence-corrected chi connectivity index (χ4v) is 9.23. The van der Waals surface area contributed by atoms with Gasteiger partial charge in [0, 0.05) is 17.0 Å². The summed E-state index contributed by atoms with van der Waals surface area (Å²) in [6.07, 6.45) is 4.95. The molecule has 1 heterocycles. The van der Waals surface area contributed by atoms with E-state index in [0.29, 0.717) is 40.3 Å². The van der Waals surface area contributed by atoms with Crippen molar-refractivity contribution in [1.29, 1.82) is 0 Å². The third-order valence-electron chi connectivity index (χ3n) is 7.25.